The van der Waals surface area contributed by atoms with Crippen LogP contribution in [0.5, 0.6) is 0 Å². The minimum Gasteiger partial charge on any atom is -0.480 e. The van der Waals surface area contributed by atoms with Crippen LogP contribution in [-0.2, 0) is 28.7 Å². The molecule has 1 saturated carbocycles. The summed E-state index contributed by atoms with van der Waals surface area (Å²) in [6, 6.07) is -1.16. The molecule has 1 amide bonds. The first-order valence-corrected chi connectivity index (χ1v) is 18.7. The van der Waals surface area contributed by atoms with E-state index in [1.54, 1.807) is 7.11 Å². The van der Waals surface area contributed by atoms with Crippen molar-refractivity contribution in [2.45, 2.75) is 161 Å². The number of aliphatic hydroxyl groups is 3. The number of hydrogen-bond acceptors (Lipinski definition) is 9. The van der Waals surface area contributed by atoms with E-state index in [0.717, 1.165) is 49.0 Å². The Kier molecular flexibility index (Phi) is 19.1. The molecule has 1 saturated heterocycles. The third-order valence-electron chi connectivity index (χ3n) is 10.6. The van der Waals surface area contributed by atoms with Crippen LogP contribution in [0.4, 0.5) is 0 Å². The van der Waals surface area contributed by atoms with Crippen molar-refractivity contribution in [3.05, 3.63) is 23.3 Å². The van der Waals surface area contributed by atoms with Crippen molar-refractivity contribution >= 4 is 23.4 Å². The normalized spacial score (nSPS) is 23.2. The van der Waals surface area contributed by atoms with Gasteiger partial charge >= 0.3 is 5.97 Å². The first kappa shape index (κ1) is 43.7. The number of carbonyl (C=O) groups is 4. The third kappa shape index (κ3) is 14.7. The van der Waals surface area contributed by atoms with Crippen molar-refractivity contribution in [2.75, 3.05) is 20.8 Å². The highest BCUT2D eigenvalue weighted by atomic mass is 16.5. The quantitative estimate of drug-likeness (QED) is 0.0638. The fourth-order valence-electron chi connectivity index (χ4n) is 7.43. The van der Waals surface area contributed by atoms with Crippen LogP contribution in [0.15, 0.2) is 23.3 Å². The first-order chi connectivity index (χ1) is 23.6. The topological polar surface area (TPSA) is 171 Å². The summed E-state index contributed by atoms with van der Waals surface area (Å²) in [5, 5.41) is 41.3. The predicted octanol–water partition coefficient (Wildman–Crippen LogP) is 5.53. The maximum absolute atomic E-state index is 12.9. The highest BCUT2D eigenvalue weighted by Gasteiger charge is 2.47. The van der Waals surface area contributed by atoms with E-state index in [0.29, 0.717) is 50.0 Å². The third-order valence-corrected chi connectivity index (χ3v) is 10.6. The average Bonchev–Trinajstić information content (AvgIpc) is 3.08. The van der Waals surface area contributed by atoms with Crippen LogP contribution in [0.2, 0.25) is 0 Å². The number of Topliss-reactive ketones (excluding diaryl/α,β-unsaturated/α-hetero) is 2. The Morgan fingerprint density at radius 2 is 1.66 bits per heavy atom. The van der Waals surface area contributed by atoms with Crippen LogP contribution >= 0.6 is 0 Å². The molecule has 4 N–H and O–H groups in total. The number of rotatable bonds is 22. The van der Waals surface area contributed by atoms with Crippen LogP contribution in [0.25, 0.3) is 0 Å². The molecule has 286 valence electrons. The summed E-state index contributed by atoms with van der Waals surface area (Å²) in [4.78, 5) is 50.8. The number of likely N-dealkylation sites (tertiary alicyclic amines) is 1. The number of methoxy groups -OCH3 is 2. The number of ether oxygens (including phenoxy) is 2. The van der Waals surface area contributed by atoms with Gasteiger partial charge in [-0.1, -0.05) is 56.4 Å². The number of carbonyl (C=O) groups excluding carboxylic acids is 3. The van der Waals surface area contributed by atoms with Gasteiger partial charge < -0.3 is 34.8 Å². The number of carboxylic acids is 1. The molecule has 0 spiro atoms. The van der Waals surface area contributed by atoms with E-state index in [1.807, 2.05) is 13.0 Å². The fourth-order valence-corrected chi connectivity index (χ4v) is 7.43. The standard InChI is InChI=1S/C39H65NO10/c1-26(21-27(2)16-18-31(41)25-32(42)19-17-28(3)22-30-12-10-14-34(24-30)50-6)11-9-13-33(49-5)23-29(4)39(47,48)36(43)37(44)40-20-8-7-15-35(40)38(45)46/h16,22,26,29-30,32-35,42,47-48H,7-15,17-21,23-25H2,1-6H3,(H,45,46)/b27-16+,28-22+/t26?,29?,30?,32?,33?,34?,35-/m0/s1. The summed E-state index contributed by atoms with van der Waals surface area (Å²) in [6.45, 7) is 7.79. The minimum absolute atomic E-state index is 0.0278. The Morgan fingerprint density at radius 3 is 2.32 bits per heavy atom. The van der Waals surface area contributed by atoms with E-state index in [9.17, 15) is 39.6 Å². The van der Waals surface area contributed by atoms with Crippen molar-refractivity contribution in [1.29, 1.82) is 0 Å². The molecule has 0 aromatic rings. The van der Waals surface area contributed by atoms with E-state index < -0.39 is 41.5 Å². The zero-order chi connectivity index (χ0) is 37.4. The predicted molar refractivity (Wildman–Crippen MR) is 191 cm³/mol. The highest BCUT2D eigenvalue weighted by Crippen LogP contribution is 2.29. The van der Waals surface area contributed by atoms with Gasteiger partial charge in [-0.05, 0) is 96.3 Å². The Bertz CT molecular complexity index is 1160. The molecular weight excluding hydrogens is 642 g/mol. The van der Waals surface area contributed by atoms with Crippen molar-refractivity contribution in [3.8, 4) is 0 Å². The van der Waals surface area contributed by atoms with Gasteiger partial charge in [0.15, 0.2) is 0 Å². The summed E-state index contributed by atoms with van der Waals surface area (Å²) >= 11 is 0. The lowest BCUT2D eigenvalue weighted by Gasteiger charge is -2.35. The molecule has 1 aliphatic carbocycles. The Morgan fingerprint density at radius 1 is 0.940 bits per heavy atom. The van der Waals surface area contributed by atoms with Crippen molar-refractivity contribution in [1.82, 2.24) is 4.90 Å². The second-order valence-electron chi connectivity index (χ2n) is 15.1. The highest BCUT2D eigenvalue weighted by molar-refractivity contribution is 6.39. The summed E-state index contributed by atoms with van der Waals surface area (Å²) in [6.07, 6.45) is 14.5. The van der Waals surface area contributed by atoms with E-state index in [4.69, 9.17) is 9.47 Å². The molecule has 1 aliphatic heterocycles. The van der Waals surface area contributed by atoms with Crippen LogP contribution in [-0.4, -0.2) is 99.7 Å². The number of amides is 1. The molecule has 0 aromatic carbocycles. The zero-order valence-electron chi connectivity index (χ0n) is 31.4. The number of carboxylic acid groups (broad SMARTS) is 1. The summed E-state index contributed by atoms with van der Waals surface area (Å²) < 4.78 is 11.1. The summed E-state index contributed by atoms with van der Waals surface area (Å²) in [5.74, 6) is -6.91. The molecule has 2 aliphatic rings. The molecular formula is C39H65NO10. The lowest BCUT2D eigenvalue weighted by molar-refractivity contribution is -0.208. The number of hydrogen-bond donors (Lipinski definition) is 4. The molecule has 2 rings (SSSR count). The number of aliphatic hydroxyl groups excluding tert-OH is 1. The van der Waals surface area contributed by atoms with E-state index in [2.05, 4.69) is 19.9 Å². The Balaban J connectivity index is 1.72. The average molecular weight is 708 g/mol. The maximum Gasteiger partial charge on any atom is 0.326 e. The molecule has 0 bridgehead atoms. The molecule has 0 radical (unpaired) electrons. The van der Waals surface area contributed by atoms with Gasteiger partial charge in [-0.25, -0.2) is 4.79 Å². The van der Waals surface area contributed by atoms with Crippen LogP contribution in [0, 0.1) is 17.8 Å². The van der Waals surface area contributed by atoms with Crippen LogP contribution in [0.1, 0.15) is 130 Å². The number of ketones is 2. The number of aliphatic carboxylic acids is 1. The van der Waals surface area contributed by atoms with Crippen molar-refractivity contribution in [2.24, 2.45) is 17.8 Å². The second-order valence-corrected chi connectivity index (χ2v) is 15.1. The molecule has 50 heavy (non-hydrogen) atoms. The van der Waals surface area contributed by atoms with E-state index in [-0.39, 0.29) is 37.7 Å². The van der Waals surface area contributed by atoms with Gasteiger partial charge in [-0.3, -0.25) is 14.4 Å². The molecule has 1 heterocycles. The Labute approximate surface area is 299 Å². The van der Waals surface area contributed by atoms with E-state index in [1.165, 1.54) is 32.4 Å². The van der Waals surface area contributed by atoms with Gasteiger partial charge in [0, 0.05) is 39.5 Å². The maximum atomic E-state index is 12.9. The van der Waals surface area contributed by atoms with E-state index >= 15 is 0 Å². The Hall–Kier alpha value is -2.44. The number of nitrogens with zero attached hydrogens (tertiary/aromatic N) is 1. The zero-order valence-corrected chi connectivity index (χ0v) is 31.4. The van der Waals surface area contributed by atoms with Gasteiger partial charge in [0.05, 0.1) is 18.3 Å². The minimum atomic E-state index is -2.95. The fraction of sp³-hybridized carbons (Fsp3) is 0.795. The van der Waals surface area contributed by atoms with Crippen LogP contribution < -0.4 is 0 Å². The van der Waals surface area contributed by atoms with Crippen LogP contribution in [0.3, 0.4) is 0 Å². The van der Waals surface area contributed by atoms with Gasteiger partial charge in [0.1, 0.15) is 11.8 Å². The molecule has 6 unspecified atom stereocenters. The van der Waals surface area contributed by atoms with Gasteiger partial charge in [-0.2, -0.15) is 0 Å². The molecule has 0 aromatic heterocycles. The van der Waals surface area contributed by atoms with Gasteiger partial charge in [0.25, 0.3) is 11.7 Å². The molecule has 7 atom stereocenters. The lowest BCUT2D eigenvalue weighted by Crippen LogP contribution is -2.57. The smallest absolute Gasteiger partial charge is 0.326 e. The monoisotopic (exact) mass is 707 g/mol. The second kappa shape index (κ2) is 21.8. The largest absolute Gasteiger partial charge is 0.480 e. The number of piperidine rings is 1. The molecule has 11 nitrogen and oxygen atoms in total. The number of allylic oxidation sites excluding steroid dienone is 4. The molecule has 2 fully saturated rings. The first-order valence-electron chi connectivity index (χ1n) is 18.7. The van der Waals surface area contributed by atoms with Gasteiger partial charge in [-0.15, -0.1) is 0 Å². The summed E-state index contributed by atoms with van der Waals surface area (Å²) in [7, 11) is 3.29. The van der Waals surface area contributed by atoms with Gasteiger partial charge in [0.2, 0.25) is 5.79 Å². The SMILES string of the molecule is COC1CCCC(/C=C(\C)CCC(O)CC(=O)C/C=C(\C)CC(C)CCCC(CC(C)C(O)(O)C(=O)C(=O)N2CCCC[C@H]2C(=O)O)OC)C1. The van der Waals surface area contributed by atoms with Crippen molar-refractivity contribution < 1.29 is 49.1 Å². The lowest BCUT2D eigenvalue weighted by atomic mass is 9.85. The van der Waals surface area contributed by atoms with Crippen molar-refractivity contribution in [3.63, 3.8) is 0 Å². The molecule has 11 heteroatoms. The summed E-state index contributed by atoms with van der Waals surface area (Å²) in [5.41, 5.74) is 2.38.